The Morgan fingerprint density at radius 1 is 1.15 bits per heavy atom. The van der Waals surface area contributed by atoms with E-state index in [1.807, 2.05) is 46.1 Å². The second kappa shape index (κ2) is 7.43. The third-order valence-electron chi connectivity index (χ3n) is 4.67. The largest absolute Gasteiger partial charge is 0.338 e. The van der Waals surface area contributed by atoms with Gasteiger partial charge < -0.3 is 4.90 Å². The van der Waals surface area contributed by atoms with Crippen LogP contribution in [0.2, 0.25) is 0 Å². The van der Waals surface area contributed by atoms with E-state index in [1.54, 1.807) is 12.4 Å². The van der Waals surface area contributed by atoms with Crippen LogP contribution in [0.3, 0.4) is 0 Å². The van der Waals surface area contributed by atoms with Gasteiger partial charge in [-0.3, -0.25) is 9.48 Å². The molecule has 0 aliphatic carbocycles. The molecule has 0 saturated carbocycles. The van der Waals surface area contributed by atoms with Gasteiger partial charge in [0, 0.05) is 37.6 Å². The molecule has 0 bridgehead atoms. The lowest BCUT2D eigenvalue weighted by atomic mass is 9.97. The van der Waals surface area contributed by atoms with E-state index in [0.29, 0.717) is 18.0 Å². The molecule has 3 aromatic rings. The number of hydrogen-bond acceptors (Lipinski definition) is 5. The molecule has 1 atom stereocenters. The highest BCUT2D eigenvalue weighted by molar-refractivity contribution is 5.93. The lowest BCUT2D eigenvalue weighted by Gasteiger charge is -2.32. The first-order valence-corrected chi connectivity index (χ1v) is 8.79. The van der Waals surface area contributed by atoms with Crippen molar-refractivity contribution in [1.29, 1.82) is 0 Å². The third kappa shape index (κ3) is 3.61. The smallest absolute Gasteiger partial charge is 0.257 e. The van der Waals surface area contributed by atoms with Crippen molar-refractivity contribution in [2.45, 2.75) is 19.4 Å². The minimum absolute atomic E-state index is 0.00105. The lowest BCUT2D eigenvalue weighted by molar-refractivity contribution is 0.0658. The minimum Gasteiger partial charge on any atom is -0.338 e. The molecule has 1 amide bonds. The van der Waals surface area contributed by atoms with Crippen LogP contribution in [-0.2, 0) is 6.54 Å². The van der Waals surface area contributed by atoms with Crippen LogP contribution in [0.4, 0.5) is 0 Å². The Kier molecular flexibility index (Phi) is 4.68. The minimum atomic E-state index is -0.00105. The van der Waals surface area contributed by atoms with Gasteiger partial charge in [0.15, 0.2) is 0 Å². The molecular weight excluding hydrogens is 328 g/mol. The van der Waals surface area contributed by atoms with Crippen molar-refractivity contribution in [3.05, 3.63) is 60.8 Å². The molecule has 1 unspecified atom stereocenters. The highest BCUT2D eigenvalue weighted by Crippen LogP contribution is 2.21. The van der Waals surface area contributed by atoms with Crippen LogP contribution < -0.4 is 0 Å². The maximum absolute atomic E-state index is 12.6. The normalized spacial score (nSPS) is 17.2. The number of carbonyl (C=O) groups excluding carboxylic acids is 1. The van der Waals surface area contributed by atoms with Gasteiger partial charge in [-0.15, -0.1) is 5.10 Å². The summed E-state index contributed by atoms with van der Waals surface area (Å²) in [5.74, 6) is 0.363. The summed E-state index contributed by atoms with van der Waals surface area (Å²) in [6, 6.07) is 10.0. The Balaban J connectivity index is 1.41. The van der Waals surface area contributed by atoms with Crippen molar-refractivity contribution in [2.24, 2.45) is 5.92 Å². The van der Waals surface area contributed by atoms with Crippen LogP contribution in [0.25, 0.3) is 11.3 Å². The molecule has 0 radical (unpaired) electrons. The molecule has 1 aromatic carbocycles. The zero-order valence-corrected chi connectivity index (χ0v) is 14.4. The number of carbonyl (C=O) groups is 1. The number of benzene rings is 1. The van der Waals surface area contributed by atoms with Gasteiger partial charge in [0.05, 0.1) is 11.8 Å². The van der Waals surface area contributed by atoms with E-state index >= 15 is 0 Å². The molecule has 132 valence electrons. The summed E-state index contributed by atoms with van der Waals surface area (Å²) in [5.41, 5.74) is 2.47. The van der Waals surface area contributed by atoms with E-state index in [4.69, 9.17) is 0 Å². The molecule has 0 spiro atoms. The van der Waals surface area contributed by atoms with Crippen molar-refractivity contribution in [2.75, 3.05) is 13.1 Å². The highest BCUT2D eigenvalue weighted by Gasteiger charge is 2.25. The first kappa shape index (κ1) is 16.4. The molecule has 1 fully saturated rings. The number of likely N-dealkylation sites (tertiary alicyclic amines) is 1. The number of nitrogens with zero attached hydrogens (tertiary/aromatic N) is 6. The zero-order valence-electron chi connectivity index (χ0n) is 14.4. The van der Waals surface area contributed by atoms with Crippen molar-refractivity contribution >= 4 is 5.91 Å². The maximum atomic E-state index is 12.6. The Morgan fingerprint density at radius 3 is 2.77 bits per heavy atom. The summed E-state index contributed by atoms with van der Waals surface area (Å²) in [6.07, 6.45) is 8.62. The molecule has 3 heterocycles. The second-order valence-corrected chi connectivity index (χ2v) is 6.58. The van der Waals surface area contributed by atoms with Gasteiger partial charge in [-0.05, 0) is 18.8 Å². The molecular formula is C19H20N6O. The van der Waals surface area contributed by atoms with Gasteiger partial charge in [0.2, 0.25) is 0 Å². The van der Waals surface area contributed by atoms with E-state index in [2.05, 4.69) is 20.3 Å². The van der Waals surface area contributed by atoms with Crippen molar-refractivity contribution in [3.63, 3.8) is 0 Å². The van der Waals surface area contributed by atoms with Gasteiger partial charge in [-0.2, -0.15) is 0 Å². The fourth-order valence-electron chi connectivity index (χ4n) is 3.38. The van der Waals surface area contributed by atoms with Crippen LogP contribution in [0.15, 0.2) is 55.2 Å². The van der Waals surface area contributed by atoms with E-state index in [1.165, 1.54) is 6.33 Å². The Morgan fingerprint density at radius 2 is 1.96 bits per heavy atom. The van der Waals surface area contributed by atoms with Crippen molar-refractivity contribution < 1.29 is 4.79 Å². The first-order chi connectivity index (χ1) is 12.8. The predicted octanol–water partition coefficient (Wildman–Crippen LogP) is 2.29. The van der Waals surface area contributed by atoms with E-state index in [9.17, 15) is 4.79 Å². The molecule has 1 saturated heterocycles. The number of rotatable bonds is 4. The molecule has 2 aromatic heterocycles. The van der Waals surface area contributed by atoms with Gasteiger partial charge in [0.1, 0.15) is 12.0 Å². The molecule has 4 rings (SSSR count). The van der Waals surface area contributed by atoms with Crippen LogP contribution >= 0.6 is 0 Å². The number of piperidine rings is 1. The van der Waals surface area contributed by atoms with Crippen LogP contribution in [0.1, 0.15) is 23.2 Å². The van der Waals surface area contributed by atoms with Gasteiger partial charge >= 0.3 is 0 Å². The molecule has 26 heavy (non-hydrogen) atoms. The lowest BCUT2D eigenvalue weighted by Crippen LogP contribution is -2.41. The number of amides is 1. The molecule has 0 N–H and O–H groups in total. The maximum Gasteiger partial charge on any atom is 0.257 e. The Bertz CT molecular complexity index is 864. The van der Waals surface area contributed by atoms with Crippen LogP contribution in [0.5, 0.6) is 0 Å². The average Bonchev–Trinajstić information content (AvgIpc) is 3.17. The van der Waals surface area contributed by atoms with Gasteiger partial charge in [-0.1, -0.05) is 35.5 Å². The SMILES string of the molecule is O=C(c1cncnc1)N1CCCC(Cn2cc(-c3ccccc3)nn2)C1. The van der Waals surface area contributed by atoms with Crippen LogP contribution in [-0.4, -0.2) is 48.9 Å². The molecule has 7 nitrogen and oxygen atoms in total. The van der Waals surface area contributed by atoms with Gasteiger partial charge in [-0.25, -0.2) is 9.97 Å². The third-order valence-corrected chi connectivity index (χ3v) is 4.67. The molecule has 1 aliphatic rings. The fraction of sp³-hybridized carbons (Fsp3) is 0.316. The van der Waals surface area contributed by atoms with E-state index in [-0.39, 0.29) is 5.91 Å². The number of aromatic nitrogens is 5. The summed E-state index contributed by atoms with van der Waals surface area (Å²) in [6.45, 7) is 2.25. The predicted molar refractivity (Wildman–Crippen MR) is 96.1 cm³/mol. The van der Waals surface area contributed by atoms with Crippen molar-refractivity contribution in [1.82, 2.24) is 29.9 Å². The highest BCUT2D eigenvalue weighted by atomic mass is 16.2. The van der Waals surface area contributed by atoms with Crippen LogP contribution in [0, 0.1) is 5.92 Å². The van der Waals surface area contributed by atoms with Gasteiger partial charge in [0.25, 0.3) is 5.91 Å². The average molecular weight is 348 g/mol. The second-order valence-electron chi connectivity index (χ2n) is 6.58. The van der Waals surface area contributed by atoms with E-state index in [0.717, 1.165) is 37.2 Å². The standard InChI is InChI=1S/C19H20N6O/c26-19(17-9-20-14-21-10-17)24-8-4-5-15(11-24)12-25-13-18(22-23-25)16-6-2-1-3-7-16/h1-3,6-7,9-10,13-15H,4-5,8,11-12H2. The number of hydrogen-bond donors (Lipinski definition) is 0. The fourth-order valence-corrected chi connectivity index (χ4v) is 3.38. The van der Waals surface area contributed by atoms with E-state index < -0.39 is 0 Å². The Hall–Kier alpha value is -3.09. The summed E-state index contributed by atoms with van der Waals surface area (Å²) in [4.78, 5) is 22.4. The summed E-state index contributed by atoms with van der Waals surface area (Å²) < 4.78 is 1.88. The monoisotopic (exact) mass is 348 g/mol. The first-order valence-electron chi connectivity index (χ1n) is 8.79. The zero-order chi connectivity index (χ0) is 17.8. The topological polar surface area (TPSA) is 76.8 Å². The summed E-state index contributed by atoms with van der Waals surface area (Å²) in [5, 5.41) is 8.53. The summed E-state index contributed by atoms with van der Waals surface area (Å²) >= 11 is 0. The quantitative estimate of drug-likeness (QED) is 0.723. The Labute approximate surface area is 151 Å². The summed E-state index contributed by atoms with van der Waals surface area (Å²) in [7, 11) is 0. The van der Waals surface area contributed by atoms with Crippen molar-refractivity contribution in [3.8, 4) is 11.3 Å². The molecule has 7 heteroatoms. The molecule has 1 aliphatic heterocycles.